The van der Waals surface area contributed by atoms with Crippen molar-refractivity contribution in [1.29, 1.82) is 0 Å². The summed E-state index contributed by atoms with van der Waals surface area (Å²) in [5.74, 6) is 0. The van der Waals surface area contributed by atoms with Crippen LogP contribution in [0.1, 0.15) is 22.3 Å². The van der Waals surface area contributed by atoms with E-state index in [1.807, 2.05) is 0 Å². The summed E-state index contributed by atoms with van der Waals surface area (Å²) in [6.45, 7) is 7.85. The van der Waals surface area contributed by atoms with Crippen LogP contribution in [0.5, 0.6) is 0 Å². The van der Waals surface area contributed by atoms with Crippen LogP contribution in [0.25, 0.3) is 0 Å². The Kier molecular flexibility index (Phi) is 4.75. The molecule has 2 aromatic rings. The van der Waals surface area contributed by atoms with Crippen LogP contribution in [0.4, 0.5) is 5.69 Å². The Bertz CT molecular complexity index is 668. The van der Waals surface area contributed by atoms with Crippen LogP contribution in [0.15, 0.2) is 29.2 Å². The predicted molar refractivity (Wildman–Crippen MR) is 85.8 cm³/mol. The zero-order valence-electron chi connectivity index (χ0n) is 12.8. The molecule has 112 valence electrons. The van der Waals surface area contributed by atoms with Gasteiger partial charge in [0, 0.05) is 19.2 Å². The second kappa shape index (κ2) is 6.54. The molecule has 0 amide bonds. The summed E-state index contributed by atoms with van der Waals surface area (Å²) in [6, 6.07) is 5.82. The Morgan fingerprint density at radius 1 is 1.19 bits per heavy atom. The monoisotopic (exact) mass is 286 g/mol. The lowest BCUT2D eigenvalue weighted by atomic mass is 10.00. The highest BCUT2D eigenvalue weighted by molar-refractivity contribution is 5.40. The molecule has 0 aliphatic rings. The van der Waals surface area contributed by atoms with E-state index in [9.17, 15) is 4.79 Å². The molecule has 0 atom stereocenters. The van der Waals surface area contributed by atoms with Crippen molar-refractivity contribution >= 4 is 5.69 Å². The molecule has 0 aliphatic carbocycles. The Balaban J connectivity index is 2.26. The molecule has 0 saturated heterocycles. The van der Waals surface area contributed by atoms with E-state index in [0.29, 0.717) is 25.3 Å². The van der Waals surface area contributed by atoms with Gasteiger partial charge in [-0.25, -0.2) is 4.68 Å². The van der Waals surface area contributed by atoms with E-state index in [1.54, 1.807) is 12.3 Å². The summed E-state index contributed by atoms with van der Waals surface area (Å²) in [6.07, 6.45) is 1.66. The Hall–Kier alpha value is -2.14. The Morgan fingerprint density at radius 3 is 2.43 bits per heavy atom. The zero-order chi connectivity index (χ0) is 15.4. The summed E-state index contributed by atoms with van der Waals surface area (Å²) in [4.78, 5) is 12.1. The lowest BCUT2D eigenvalue weighted by molar-refractivity contribution is 0.635. The largest absolute Gasteiger partial charge is 0.382 e. The first-order valence-corrected chi connectivity index (χ1v) is 7.09. The van der Waals surface area contributed by atoms with Crippen molar-refractivity contribution < 1.29 is 0 Å². The van der Waals surface area contributed by atoms with E-state index in [4.69, 9.17) is 5.73 Å². The molecular weight excluding hydrogens is 264 g/mol. The van der Waals surface area contributed by atoms with Gasteiger partial charge in [-0.2, -0.15) is 5.10 Å². The van der Waals surface area contributed by atoms with Gasteiger partial charge in [0.15, 0.2) is 0 Å². The maximum Gasteiger partial charge on any atom is 0.269 e. The van der Waals surface area contributed by atoms with Crippen LogP contribution < -0.4 is 16.6 Å². The van der Waals surface area contributed by atoms with Crippen molar-refractivity contribution in [2.45, 2.75) is 27.3 Å². The first-order chi connectivity index (χ1) is 10.0. The van der Waals surface area contributed by atoms with E-state index in [2.05, 4.69) is 43.3 Å². The number of hydrogen-bond acceptors (Lipinski definition) is 4. The molecule has 0 saturated carbocycles. The highest BCUT2D eigenvalue weighted by Crippen LogP contribution is 2.16. The summed E-state index contributed by atoms with van der Waals surface area (Å²) in [7, 11) is 0. The van der Waals surface area contributed by atoms with Crippen molar-refractivity contribution in [3.8, 4) is 0 Å². The summed E-state index contributed by atoms with van der Waals surface area (Å²) in [5, 5.41) is 7.29. The van der Waals surface area contributed by atoms with Gasteiger partial charge in [0.05, 0.1) is 18.4 Å². The molecule has 2 rings (SSSR count). The third-order valence-electron chi connectivity index (χ3n) is 3.49. The van der Waals surface area contributed by atoms with Crippen LogP contribution in [-0.2, 0) is 6.54 Å². The second-order valence-corrected chi connectivity index (χ2v) is 5.33. The number of aryl methyl sites for hydroxylation is 3. The van der Waals surface area contributed by atoms with E-state index < -0.39 is 0 Å². The number of nitrogens with one attached hydrogen (secondary N) is 1. The van der Waals surface area contributed by atoms with Crippen molar-refractivity contribution in [2.75, 3.05) is 18.4 Å². The molecule has 21 heavy (non-hydrogen) atoms. The fourth-order valence-corrected chi connectivity index (χ4v) is 2.47. The highest BCUT2D eigenvalue weighted by Gasteiger charge is 2.07. The fraction of sp³-hybridized carbons (Fsp3) is 0.375. The molecular formula is C16H22N4O. The molecule has 1 heterocycles. The van der Waals surface area contributed by atoms with Crippen molar-refractivity contribution in [1.82, 2.24) is 9.78 Å². The molecule has 0 fully saturated rings. The average Bonchev–Trinajstić information content (AvgIpc) is 2.42. The van der Waals surface area contributed by atoms with E-state index in [0.717, 1.165) is 5.56 Å². The normalized spacial score (nSPS) is 10.7. The van der Waals surface area contributed by atoms with Gasteiger partial charge >= 0.3 is 0 Å². The minimum Gasteiger partial charge on any atom is -0.382 e. The number of nitrogens with zero attached hydrogens (tertiary/aromatic N) is 2. The third kappa shape index (κ3) is 3.70. The van der Waals surface area contributed by atoms with Crippen LogP contribution in [0, 0.1) is 20.8 Å². The number of nitrogens with two attached hydrogens (primary N) is 1. The first kappa shape index (κ1) is 15.3. The van der Waals surface area contributed by atoms with Crippen molar-refractivity contribution in [2.24, 2.45) is 5.73 Å². The van der Waals surface area contributed by atoms with Crippen LogP contribution >= 0.6 is 0 Å². The summed E-state index contributed by atoms with van der Waals surface area (Å²) < 4.78 is 1.48. The third-order valence-corrected chi connectivity index (χ3v) is 3.49. The number of hydrogen-bond donors (Lipinski definition) is 2. The molecule has 1 aromatic heterocycles. The summed E-state index contributed by atoms with van der Waals surface area (Å²) in [5.41, 5.74) is 10.8. The standard InChI is InChI=1S/C16H22N4O/c1-11-6-12(2)15(13(3)7-11)10-20-16(21)8-14(9-19-20)18-5-4-17/h6-9,18H,4-5,10,17H2,1-3H3. The van der Waals surface area contributed by atoms with Gasteiger partial charge in [0.1, 0.15) is 0 Å². The van der Waals surface area contributed by atoms with Crippen molar-refractivity contribution in [3.63, 3.8) is 0 Å². The van der Waals surface area contributed by atoms with Crippen LogP contribution in [0.2, 0.25) is 0 Å². The van der Waals surface area contributed by atoms with Gasteiger partial charge < -0.3 is 11.1 Å². The predicted octanol–water partition coefficient (Wildman–Crippen LogP) is 1.59. The molecule has 3 N–H and O–H groups in total. The molecule has 0 radical (unpaired) electrons. The van der Waals surface area contributed by atoms with Gasteiger partial charge in [0.25, 0.3) is 5.56 Å². The van der Waals surface area contributed by atoms with Gasteiger partial charge in [0.2, 0.25) is 0 Å². The van der Waals surface area contributed by atoms with Gasteiger partial charge in [-0.05, 0) is 37.5 Å². The first-order valence-electron chi connectivity index (χ1n) is 7.09. The maximum atomic E-state index is 12.1. The maximum absolute atomic E-state index is 12.1. The minimum atomic E-state index is -0.114. The van der Waals surface area contributed by atoms with Gasteiger partial charge in [-0.15, -0.1) is 0 Å². The van der Waals surface area contributed by atoms with E-state index in [-0.39, 0.29) is 5.56 Å². The smallest absolute Gasteiger partial charge is 0.269 e. The van der Waals surface area contributed by atoms with Crippen LogP contribution in [0.3, 0.4) is 0 Å². The average molecular weight is 286 g/mol. The van der Waals surface area contributed by atoms with Crippen LogP contribution in [-0.4, -0.2) is 22.9 Å². The van der Waals surface area contributed by atoms with Crippen molar-refractivity contribution in [3.05, 3.63) is 57.0 Å². The number of benzene rings is 1. The number of rotatable bonds is 5. The minimum absolute atomic E-state index is 0.114. The summed E-state index contributed by atoms with van der Waals surface area (Å²) >= 11 is 0. The highest BCUT2D eigenvalue weighted by atomic mass is 16.1. The molecule has 5 nitrogen and oxygen atoms in total. The SMILES string of the molecule is Cc1cc(C)c(Cn2ncc(NCCN)cc2=O)c(C)c1. The number of aromatic nitrogens is 2. The van der Waals surface area contributed by atoms with E-state index in [1.165, 1.54) is 21.4 Å². The molecule has 5 heteroatoms. The lowest BCUT2D eigenvalue weighted by Gasteiger charge is -2.13. The fourth-order valence-electron chi connectivity index (χ4n) is 2.47. The molecule has 0 unspecified atom stereocenters. The Morgan fingerprint density at radius 2 is 1.86 bits per heavy atom. The second-order valence-electron chi connectivity index (χ2n) is 5.33. The molecule has 0 bridgehead atoms. The Labute approximate surface area is 124 Å². The lowest BCUT2D eigenvalue weighted by Crippen LogP contribution is -2.24. The topological polar surface area (TPSA) is 72.9 Å². The zero-order valence-corrected chi connectivity index (χ0v) is 12.8. The molecule has 0 spiro atoms. The quantitative estimate of drug-likeness (QED) is 0.875. The number of anilines is 1. The molecule has 1 aromatic carbocycles. The van der Waals surface area contributed by atoms with Gasteiger partial charge in [-0.1, -0.05) is 17.7 Å². The van der Waals surface area contributed by atoms with Gasteiger partial charge in [-0.3, -0.25) is 4.79 Å². The molecule has 0 aliphatic heterocycles. The van der Waals surface area contributed by atoms with E-state index >= 15 is 0 Å².